The van der Waals surface area contributed by atoms with E-state index in [0.717, 1.165) is 19.3 Å². The lowest BCUT2D eigenvalue weighted by Gasteiger charge is -2.63. The largest absolute Gasteiger partial charge is 0.393 e. The van der Waals surface area contributed by atoms with Crippen LogP contribution < -0.4 is 0 Å². The van der Waals surface area contributed by atoms with Crippen LogP contribution in [0.1, 0.15) is 65.2 Å². The van der Waals surface area contributed by atoms with E-state index < -0.39 is 11.6 Å². The fourth-order valence-corrected chi connectivity index (χ4v) is 9.04. The molecule has 2 saturated heterocycles. The number of aliphatic hydroxyl groups excluding tert-OH is 1. The van der Waals surface area contributed by atoms with Gasteiger partial charge in [0.05, 0.1) is 32.5 Å². The van der Waals surface area contributed by atoms with Crippen LogP contribution in [0.25, 0.3) is 0 Å². The molecule has 4 aliphatic carbocycles. The predicted molar refractivity (Wildman–Crippen MR) is 102 cm³/mol. The molecule has 0 aromatic carbocycles. The molecule has 5 nitrogen and oxygen atoms in total. The zero-order valence-corrected chi connectivity index (χ0v) is 17.5. The molecule has 2 heterocycles. The summed E-state index contributed by atoms with van der Waals surface area (Å²) in [5.41, 5.74) is 0.159. The first-order valence-electron chi connectivity index (χ1n) is 11.7. The number of hydrogen-bond acceptors (Lipinski definition) is 5. The van der Waals surface area contributed by atoms with Crippen molar-refractivity contribution in [1.82, 2.24) is 0 Å². The second-order valence-corrected chi connectivity index (χ2v) is 11.0. The van der Waals surface area contributed by atoms with Gasteiger partial charge in [-0.05, 0) is 61.2 Å². The molecule has 1 N–H and O–H groups in total. The molecule has 158 valence electrons. The minimum atomic E-state index is -0.776. The third-order valence-corrected chi connectivity index (χ3v) is 10.2. The van der Waals surface area contributed by atoms with Crippen LogP contribution in [0.5, 0.6) is 0 Å². The SMILES string of the molecule is C[C@]12CCCCC1[C@H](O)C[C@@H]1[C@@H]2CC[C@@]2(C)[C@H]1CC13OCCOC12OCCO3. The highest BCUT2D eigenvalue weighted by Crippen LogP contribution is 2.72. The first kappa shape index (κ1) is 18.6. The van der Waals surface area contributed by atoms with Crippen LogP contribution in [0.2, 0.25) is 0 Å². The Morgan fingerprint density at radius 1 is 0.786 bits per heavy atom. The summed E-state index contributed by atoms with van der Waals surface area (Å²) in [5, 5.41) is 11.2. The summed E-state index contributed by atoms with van der Waals surface area (Å²) in [6.07, 6.45) is 8.99. The van der Waals surface area contributed by atoms with Crippen molar-refractivity contribution in [2.45, 2.75) is 82.9 Å². The van der Waals surface area contributed by atoms with Crippen molar-refractivity contribution >= 4 is 0 Å². The van der Waals surface area contributed by atoms with Crippen molar-refractivity contribution in [1.29, 1.82) is 0 Å². The number of rotatable bonds is 0. The first-order chi connectivity index (χ1) is 13.5. The molecule has 6 fully saturated rings. The standard InChI is InChI=1S/C23H36O5/c1-20-7-4-3-5-17(20)19(24)13-15-16(20)6-8-21(2)18(15)14-22-23(21,27-11-9-25-22)28-12-10-26-22/h15-19,24H,3-14H2,1-2H3/t15-,16+,17?,18+,19-,20-,21+,22?,23?/m1/s1. The minimum Gasteiger partial charge on any atom is -0.393 e. The predicted octanol–water partition coefficient (Wildman–Crippen LogP) is 3.49. The molecule has 4 saturated carbocycles. The molecule has 28 heavy (non-hydrogen) atoms. The van der Waals surface area contributed by atoms with E-state index in [1.165, 1.54) is 32.1 Å². The van der Waals surface area contributed by atoms with Crippen LogP contribution in [0.4, 0.5) is 0 Å². The maximum absolute atomic E-state index is 11.2. The molecular formula is C23H36O5. The summed E-state index contributed by atoms with van der Waals surface area (Å²) in [6.45, 7) is 7.15. The summed E-state index contributed by atoms with van der Waals surface area (Å²) in [7, 11) is 0. The Hall–Kier alpha value is -0.200. The maximum Gasteiger partial charge on any atom is 0.229 e. The van der Waals surface area contributed by atoms with Gasteiger partial charge in [-0.25, -0.2) is 0 Å². The number of fused-ring (bicyclic) bond motifs is 5. The van der Waals surface area contributed by atoms with Crippen LogP contribution in [-0.4, -0.2) is 49.2 Å². The van der Waals surface area contributed by atoms with E-state index in [0.29, 0.717) is 50.1 Å². The van der Waals surface area contributed by atoms with Gasteiger partial charge in [0.15, 0.2) is 0 Å². The molecular weight excluding hydrogens is 356 g/mol. The summed E-state index contributed by atoms with van der Waals surface area (Å²) in [6, 6.07) is 0. The maximum atomic E-state index is 11.2. The second-order valence-electron chi connectivity index (χ2n) is 11.0. The first-order valence-corrected chi connectivity index (χ1v) is 11.7. The molecule has 0 bridgehead atoms. The number of ether oxygens (including phenoxy) is 4. The number of hydrogen-bond donors (Lipinski definition) is 1. The fourth-order valence-electron chi connectivity index (χ4n) is 9.04. The molecule has 0 aromatic rings. The Kier molecular flexibility index (Phi) is 3.94. The highest BCUT2D eigenvalue weighted by atomic mass is 16.8. The lowest BCUT2D eigenvalue weighted by Crippen LogP contribution is -2.70. The van der Waals surface area contributed by atoms with Gasteiger partial charge in [0.2, 0.25) is 11.6 Å². The van der Waals surface area contributed by atoms with Crippen molar-refractivity contribution in [3.63, 3.8) is 0 Å². The van der Waals surface area contributed by atoms with Gasteiger partial charge in [-0.2, -0.15) is 0 Å². The van der Waals surface area contributed by atoms with Gasteiger partial charge in [-0.3, -0.25) is 0 Å². The molecule has 1 unspecified atom stereocenters. The van der Waals surface area contributed by atoms with Gasteiger partial charge in [0.1, 0.15) is 0 Å². The van der Waals surface area contributed by atoms with Crippen molar-refractivity contribution in [3.8, 4) is 0 Å². The van der Waals surface area contributed by atoms with Gasteiger partial charge < -0.3 is 24.1 Å². The molecule has 6 rings (SSSR count). The summed E-state index contributed by atoms with van der Waals surface area (Å²) >= 11 is 0. The Morgan fingerprint density at radius 2 is 1.50 bits per heavy atom. The lowest BCUT2D eigenvalue weighted by atomic mass is 9.44. The third-order valence-electron chi connectivity index (χ3n) is 10.2. The molecule has 5 heteroatoms. The molecule has 2 aliphatic heterocycles. The van der Waals surface area contributed by atoms with Crippen LogP contribution in [0.15, 0.2) is 0 Å². The van der Waals surface area contributed by atoms with Crippen LogP contribution in [0, 0.1) is 34.5 Å². The molecule has 0 amide bonds. The fraction of sp³-hybridized carbons (Fsp3) is 1.00. The van der Waals surface area contributed by atoms with Crippen molar-refractivity contribution in [2.75, 3.05) is 26.4 Å². The smallest absolute Gasteiger partial charge is 0.229 e. The average molecular weight is 393 g/mol. The Bertz CT molecular complexity index is 639. The zero-order valence-electron chi connectivity index (χ0n) is 17.5. The highest BCUT2D eigenvalue weighted by Gasteiger charge is 2.79. The van der Waals surface area contributed by atoms with E-state index in [-0.39, 0.29) is 16.9 Å². The van der Waals surface area contributed by atoms with E-state index in [9.17, 15) is 5.11 Å². The molecule has 0 aromatic heterocycles. The normalized spacial score (nSPS) is 60.8. The third kappa shape index (κ3) is 2.01. The van der Waals surface area contributed by atoms with Gasteiger partial charge in [0, 0.05) is 11.8 Å². The van der Waals surface area contributed by atoms with E-state index in [1.807, 2.05) is 0 Å². The van der Waals surface area contributed by atoms with E-state index in [2.05, 4.69) is 13.8 Å². The van der Waals surface area contributed by atoms with Gasteiger partial charge in [-0.15, -0.1) is 0 Å². The van der Waals surface area contributed by atoms with Crippen molar-refractivity contribution < 1.29 is 24.1 Å². The molecule has 6 aliphatic rings. The molecule has 7 atom stereocenters. The Labute approximate surface area is 168 Å². The topological polar surface area (TPSA) is 57.2 Å². The Morgan fingerprint density at radius 3 is 2.25 bits per heavy atom. The van der Waals surface area contributed by atoms with E-state index >= 15 is 0 Å². The van der Waals surface area contributed by atoms with Crippen LogP contribution in [-0.2, 0) is 18.9 Å². The van der Waals surface area contributed by atoms with E-state index in [1.54, 1.807) is 0 Å². The summed E-state index contributed by atoms with van der Waals surface area (Å²) in [4.78, 5) is 0. The van der Waals surface area contributed by atoms with Crippen LogP contribution in [0.3, 0.4) is 0 Å². The number of aliphatic hydroxyl groups is 1. The molecule has 0 radical (unpaired) electrons. The van der Waals surface area contributed by atoms with Gasteiger partial charge in [-0.1, -0.05) is 26.7 Å². The van der Waals surface area contributed by atoms with E-state index in [4.69, 9.17) is 18.9 Å². The van der Waals surface area contributed by atoms with Gasteiger partial charge in [0.25, 0.3) is 0 Å². The Balaban J connectivity index is 1.42. The van der Waals surface area contributed by atoms with Crippen LogP contribution >= 0.6 is 0 Å². The summed E-state index contributed by atoms with van der Waals surface area (Å²) < 4.78 is 25.6. The second kappa shape index (κ2) is 5.94. The quantitative estimate of drug-likeness (QED) is 0.684. The average Bonchev–Trinajstić information content (AvgIpc) is 2.95. The minimum absolute atomic E-state index is 0.118. The zero-order chi connectivity index (χ0) is 19.2. The van der Waals surface area contributed by atoms with Crippen molar-refractivity contribution in [2.24, 2.45) is 34.5 Å². The lowest BCUT2D eigenvalue weighted by molar-refractivity contribution is -0.474. The monoisotopic (exact) mass is 392 g/mol. The highest BCUT2D eigenvalue weighted by molar-refractivity contribution is 5.19. The molecule has 0 spiro atoms. The van der Waals surface area contributed by atoms with Crippen molar-refractivity contribution in [3.05, 3.63) is 0 Å². The summed E-state index contributed by atoms with van der Waals surface area (Å²) in [5.74, 6) is 0.555. The van der Waals surface area contributed by atoms with Gasteiger partial charge >= 0.3 is 0 Å².